The van der Waals surface area contributed by atoms with Gasteiger partial charge in [0.1, 0.15) is 0 Å². The van der Waals surface area contributed by atoms with E-state index in [0.29, 0.717) is 23.1 Å². The highest BCUT2D eigenvalue weighted by Gasteiger charge is 2.05. The zero-order valence-corrected chi connectivity index (χ0v) is 11.7. The van der Waals surface area contributed by atoms with Crippen LogP contribution in [0.4, 0.5) is 0 Å². The van der Waals surface area contributed by atoms with Crippen LogP contribution in [0.5, 0.6) is 0 Å². The van der Waals surface area contributed by atoms with Crippen molar-refractivity contribution in [3.8, 4) is 0 Å². The number of hydrogen-bond acceptors (Lipinski definition) is 1. The zero-order chi connectivity index (χ0) is 13.7. The van der Waals surface area contributed by atoms with E-state index in [9.17, 15) is 4.79 Å². The average Bonchev–Trinajstić information content (AvgIpc) is 2.38. The summed E-state index contributed by atoms with van der Waals surface area (Å²) in [6.45, 7) is 1.05. The quantitative estimate of drug-likeness (QED) is 0.758. The van der Waals surface area contributed by atoms with Crippen LogP contribution < -0.4 is 0 Å². The van der Waals surface area contributed by atoms with Gasteiger partial charge < -0.3 is 4.90 Å². The first-order valence-corrected chi connectivity index (χ1v) is 6.61. The molecule has 2 aromatic carbocycles. The Hall–Kier alpha value is -1.51. The van der Waals surface area contributed by atoms with Gasteiger partial charge in [-0.2, -0.15) is 0 Å². The Balaban J connectivity index is 2.06. The third kappa shape index (κ3) is 4.27. The molecule has 0 N–H and O–H groups in total. The molecule has 1 amide bonds. The van der Waals surface area contributed by atoms with Crippen molar-refractivity contribution in [1.82, 2.24) is 4.90 Å². The summed E-state index contributed by atoms with van der Waals surface area (Å²) in [7, 11) is 0. The lowest BCUT2D eigenvalue weighted by Gasteiger charge is -2.17. The van der Waals surface area contributed by atoms with E-state index in [1.165, 1.54) is 0 Å². The number of amides is 1. The molecule has 0 unspecified atom stereocenters. The van der Waals surface area contributed by atoms with Crippen LogP contribution in [0, 0.1) is 0 Å². The molecule has 0 bridgehead atoms. The molecular formula is C15H13Cl2NO. The highest BCUT2D eigenvalue weighted by molar-refractivity contribution is 6.30. The molecule has 2 aromatic rings. The van der Waals surface area contributed by atoms with Gasteiger partial charge in [0.05, 0.1) is 0 Å². The highest BCUT2D eigenvalue weighted by Crippen LogP contribution is 2.15. The topological polar surface area (TPSA) is 20.3 Å². The van der Waals surface area contributed by atoms with Crippen LogP contribution >= 0.6 is 23.2 Å². The van der Waals surface area contributed by atoms with Crippen LogP contribution in [-0.2, 0) is 17.9 Å². The summed E-state index contributed by atoms with van der Waals surface area (Å²) in [6, 6.07) is 15.0. The van der Waals surface area contributed by atoms with Crippen molar-refractivity contribution in [1.29, 1.82) is 0 Å². The predicted molar refractivity (Wildman–Crippen MR) is 78.2 cm³/mol. The monoisotopic (exact) mass is 293 g/mol. The molecule has 2 rings (SSSR count). The number of hydrogen-bond donors (Lipinski definition) is 0. The third-order valence-corrected chi connectivity index (χ3v) is 3.17. The maximum atomic E-state index is 11.1. The standard InChI is InChI=1S/C15H13Cl2NO/c16-14-5-1-3-12(7-14)9-18(11-19)10-13-4-2-6-15(17)8-13/h1-8,11H,9-10H2. The molecule has 0 spiro atoms. The number of rotatable bonds is 5. The Bertz CT molecular complexity index is 524. The summed E-state index contributed by atoms with van der Waals surface area (Å²) in [5, 5.41) is 1.34. The number of benzene rings is 2. The lowest BCUT2D eigenvalue weighted by molar-refractivity contribution is -0.119. The van der Waals surface area contributed by atoms with Gasteiger partial charge in [0.2, 0.25) is 6.41 Å². The summed E-state index contributed by atoms with van der Waals surface area (Å²) in [4.78, 5) is 12.8. The molecule has 0 saturated carbocycles. The van der Waals surface area contributed by atoms with Crippen molar-refractivity contribution in [3.63, 3.8) is 0 Å². The SMILES string of the molecule is O=CN(Cc1cccc(Cl)c1)Cc1cccc(Cl)c1. The van der Waals surface area contributed by atoms with Crippen LogP contribution in [0.15, 0.2) is 48.5 Å². The maximum Gasteiger partial charge on any atom is 0.210 e. The van der Waals surface area contributed by atoms with Crippen LogP contribution in [0.25, 0.3) is 0 Å². The fourth-order valence-corrected chi connectivity index (χ4v) is 2.30. The molecule has 2 nitrogen and oxygen atoms in total. The van der Waals surface area contributed by atoms with E-state index in [1.807, 2.05) is 48.5 Å². The number of carbonyl (C=O) groups excluding carboxylic acids is 1. The summed E-state index contributed by atoms with van der Waals surface area (Å²) in [5.74, 6) is 0. The molecule has 0 heterocycles. The van der Waals surface area contributed by atoms with Gasteiger partial charge in [0.15, 0.2) is 0 Å². The van der Waals surface area contributed by atoms with E-state index in [-0.39, 0.29) is 0 Å². The first kappa shape index (κ1) is 13.9. The molecule has 0 saturated heterocycles. The predicted octanol–water partition coefficient (Wildman–Crippen LogP) is 4.15. The van der Waals surface area contributed by atoms with Gasteiger partial charge in [-0.05, 0) is 35.4 Å². The molecule has 0 aromatic heterocycles. The lowest BCUT2D eigenvalue weighted by atomic mass is 10.2. The molecule has 98 valence electrons. The molecular weight excluding hydrogens is 281 g/mol. The first-order chi connectivity index (χ1) is 9.17. The van der Waals surface area contributed by atoms with Crippen LogP contribution in [0.1, 0.15) is 11.1 Å². The van der Waals surface area contributed by atoms with Gasteiger partial charge in [-0.3, -0.25) is 4.79 Å². The van der Waals surface area contributed by atoms with Gasteiger partial charge in [0.25, 0.3) is 0 Å². The number of nitrogens with zero attached hydrogens (tertiary/aromatic N) is 1. The maximum absolute atomic E-state index is 11.1. The molecule has 4 heteroatoms. The van der Waals surface area contributed by atoms with Crippen LogP contribution in [0.3, 0.4) is 0 Å². The molecule has 0 aliphatic heterocycles. The Morgan fingerprint density at radius 3 is 1.74 bits per heavy atom. The van der Waals surface area contributed by atoms with E-state index in [1.54, 1.807) is 4.90 Å². The van der Waals surface area contributed by atoms with Gasteiger partial charge in [-0.1, -0.05) is 47.5 Å². The van der Waals surface area contributed by atoms with Crippen molar-refractivity contribution in [2.24, 2.45) is 0 Å². The van der Waals surface area contributed by atoms with Crippen molar-refractivity contribution in [2.45, 2.75) is 13.1 Å². The smallest absolute Gasteiger partial charge is 0.210 e. The first-order valence-electron chi connectivity index (χ1n) is 5.85. The van der Waals surface area contributed by atoms with E-state index in [0.717, 1.165) is 17.5 Å². The van der Waals surface area contributed by atoms with Crippen molar-refractivity contribution < 1.29 is 4.79 Å². The second-order valence-electron chi connectivity index (χ2n) is 4.27. The molecule has 19 heavy (non-hydrogen) atoms. The van der Waals surface area contributed by atoms with Gasteiger partial charge in [0, 0.05) is 23.1 Å². The number of carbonyl (C=O) groups is 1. The summed E-state index contributed by atoms with van der Waals surface area (Å²) >= 11 is 11.9. The molecule has 0 fully saturated rings. The van der Waals surface area contributed by atoms with Crippen molar-refractivity contribution in [2.75, 3.05) is 0 Å². The van der Waals surface area contributed by atoms with Gasteiger partial charge >= 0.3 is 0 Å². The van der Waals surface area contributed by atoms with E-state index < -0.39 is 0 Å². The van der Waals surface area contributed by atoms with Crippen LogP contribution in [-0.4, -0.2) is 11.3 Å². The molecule has 0 radical (unpaired) electrons. The average molecular weight is 294 g/mol. The fraction of sp³-hybridized carbons (Fsp3) is 0.133. The Morgan fingerprint density at radius 1 is 0.895 bits per heavy atom. The molecule has 0 atom stereocenters. The normalized spacial score (nSPS) is 10.2. The third-order valence-electron chi connectivity index (χ3n) is 2.70. The minimum Gasteiger partial charge on any atom is -0.337 e. The van der Waals surface area contributed by atoms with E-state index >= 15 is 0 Å². The molecule has 0 aliphatic carbocycles. The lowest BCUT2D eigenvalue weighted by Crippen LogP contribution is -2.20. The molecule has 0 aliphatic rings. The van der Waals surface area contributed by atoms with E-state index in [4.69, 9.17) is 23.2 Å². The minimum absolute atomic E-state index is 0.524. The van der Waals surface area contributed by atoms with E-state index in [2.05, 4.69) is 0 Å². The van der Waals surface area contributed by atoms with Gasteiger partial charge in [-0.25, -0.2) is 0 Å². The summed E-state index contributed by atoms with van der Waals surface area (Å²) < 4.78 is 0. The fourth-order valence-electron chi connectivity index (χ4n) is 1.87. The minimum atomic E-state index is 0.524. The Morgan fingerprint density at radius 2 is 1.37 bits per heavy atom. The Kier molecular flexibility index (Phi) is 4.83. The van der Waals surface area contributed by atoms with Gasteiger partial charge in [-0.15, -0.1) is 0 Å². The number of halogens is 2. The largest absolute Gasteiger partial charge is 0.337 e. The Labute approximate surface area is 122 Å². The van der Waals surface area contributed by atoms with Crippen molar-refractivity contribution in [3.05, 3.63) is 69.7 Å². The summed E-state index contributed by atoms with van der Waals surface area (Å²) in [6.07, 6.45) is 0.835. The highest BCUT2D eigenvalue weighted by atomic mass is 35.5. The second kappa shape index (κ2) is 6.60. The summed E-state index contributed by atoms with van der Waals surface area (Å²) in [5.41, 5.74) is 2.00. The second-order valence-corrected chi connectivity index (χ2v) is 5.14. The zero-order valence-electron chi connectivity index (χ0n) is 10.2. The van der Waals surface area contributed by atoms with Crippen molar-refractivity contribution >= 4 is 29.6 Å². The van der Waals surface area contributed by atoms with Crippen LogP contribution in [0.2, 0.25) is 10.0 Å².